The molecular formula is C15H18N2O5. The lowest BCUT2D eigenvalue weighted by Gasteiger charge is -2.39. The summed E-state index contributed by atoms with van der Waals surface area (Å²) >= 11 is 0. The van der Waals surface area contributed by atoms with Crippen LogP contribution in [0.25, 0.3) is 0 Å². The van der Waals surface area contributed by atoms with Crippen molar-refractivity contribution >= 4 is 5.97 Å². The van der Waals surface area contributed by atoms with Gasteiger partial charge < -0.3 is 19.4 Å². The van der Waals surface area contributed by atoms with Crippen LogP contribution in [0, 0.1) is 5.92 Å². The molecule has 0 saturated heterocycles. The Labute approximate surface area is 126 Å². The van der Waals surface area contributed by atoms with Gasteiger partial charge in [-0.25, -0.2) is 0 Å². The molecule has 3 atom stereocenters. The van der Waals surface area contributed by atoms with E-state index in [1.807, 2.05) is 0 Å². The second kappa shape index (κ2) is 5.17. The van der Waals surface area contributed by atoms with Crippen LogP contribution >= 0.6 is 0 Å². The van der Waals surface area contributed by atoms with E-state index in [0.29, 0.717) is 17.0 Å². The molecule has 0 spiro atoms. The summed E-state index contributed by atoms with van der Waals surface area (Å²) < 4.78 is 10.5. The molecule has 0 amide bonds. The molecule has 3 N–H and O–H groups in total. The number of hydrogen-bond acceptors (Lipinski definition) is 5. The van der Waals surface area contributed by atoms with E-state index in [1.54, 1.807) is 26.0 Å². The molecule has 2 heterocycles. The Balaban J connectivity index is 2.19. The fourth-order valence-electron chi connectivity index (χ4n) is 3.26. The van der Waals surface area contributed by atoms with Gasteiger partial charge in [0.15, 0.2) is 0 Å². The van der Waals surface area contributed by atoms with Crippen LogP contribution in [-0.4, -0.2) is 33.5 Å². The zero-order valence-corrected chi connectivity index (χ0v) is 12.4. The van der Waals surface area contributed by atoms with Crippen LogP contribution in [0.15, 0.2) is 27.6 Å². The van der Waals surface area contributed by atoms with E-state index >= 15 is 0 Å². The second-order valence-corrected chi connectivity index (χ2v) is 5.73. The number of carbonyl (C=O) groups is 1. The molecule has 7 heteroatoms. The van der Waals surface area contributed by atoms with Crippen molar-refractivity contribution < 1.29 is 19.1 Å². The van der Waals surface area contributed by atoms with Crippen molar-refractivity contribution in [2.45, 2.75) is 31.8 Å². The molecule has 1 aliphatic rings. The number of H-pyrrole nitrogens is 2. The van der Waals surface area contributed by atoms with E-state index < -0.39 is 23.4 Å². The molecule has 0 fully saturated rings. The summed E-state index contributed by atoms with van der Waals surface area (Å²) in [6, 6.07) is 3.37. The minimum absolute atomic E-state index is 0.155. The number of aliphatic hydroxyl groups is 1. The molecule has 22 heavy (non-hydrogen) atoms. The van der Waals surface area contributed by atoms with Gasteiger partial charge in [0.05, 0.1) is 35.9 Å². The highest BCUT2D eigenvalue weighted by Gasteiger charge is 2.52. The Bertz CT molecular complexity index is 725. The number of fused-ring (bicyclic) bond motifs is 1. The number of furan rings is 1. The molecule has 0 bridgehead atoms. The van der Waals surface area contributed by atoms with Gasteiger partial charge in [-0.2, -0.15) is 0 Å². The fraction of sp³-hybridized carbons (Fsp3) is 0.467. The summed E-state index contributed by atoms with van der Waals surface area (Å²) in [5, 5.41) is 16.1. The summed E-state index contributed by atoms with van der Waals surface area (Å²) in [6.07, 6.45) is 1.63. The van der Waals surface area contributed by atoms with Gasteiger partial charge in [-0.15, -0.1) is 0 Å². The van der Waals surface area contributed by atoms with Gasteiger partial charge in [-0.3, -0.25) is 14.7 Å². The minimum Gasteiger partial charge on any atom is -0.469 e. The highest BCUT2D eigenvalue weighted by Crippen LogP contribution is 2.44. The molecule has 2 aromatic heterocycles. The van der Waals surface area contributed by atoms with Crippen molar-refractivity contribution in [1.82, 2.24) is 10.2 Å². The first-order valence-corrected chi connectivity index (χ1v) is 7.17. The highest BCUT2D eigenvalue weighted by atomic mass is 16.5. The molecule has 118 valence electrons. The van der Waals surface area contributed by atoms with Crippen LogP contribution in [0.2, 0.25) is 0 Å². The van der Waals surface area contributed by atoms with Crippen LogP contribution in [0.5, 0.6) is 0 Å². The van der Waals surface area contributed by atoms with Gasteiger partial charge in [-0.05, 0) is 26.0 Å². The van der Waals surface area contributed by atoms with Crippen LogP contribution in [0.1, 0.15) is 36.8 Å². The molecule has 1 aliphatic carbocycles. The molecule has 7 nitrogen and oxygen atoms in total. The number of rotatable bonds is 3. The van der Waals surface area contributed by atoms with E-state index in [1.165, 1.54) is 6.26 Å². The summed E-state index contributed by atoms with van der Waals surface area (Å²) in [5.41, 5.74) is -0.681. The zero-order valence-electron chi connectivity index (χ0n) is 12.4. The Morgan fingerprint density at radius 1 is 1.55 bits per heavy atom. The number of carbonyl (C=O) groups excluding carboxylic acids is 1. The largest absolute Gasteiger partial charge is 0.469 e. The summed E-state index contributed by atoms with van der Waals surface area (Å²) in [4.78, 5) is 24.6. The summed E-state index contributed by atoms with van der Waals surface area (Å²) in [5.74, 6) is -1.70. The maximum absolute atomic E-state index is 12.4. The lowest BCUT2D eigenvalue weighted by atomic mass is 9.68. The predicted octanol–water partition coefficient (Wildman–Crippen LogP) is 0.914. The highest BCUT2D eigenvalue weighted by molar-refractivity contribution is 5.76. The van der Waals surface area contributed by atoms with Crippen molar-refractivity contribution in [2.24, 2.45) is 5.92 Å². The number of nitrogens with one attached hydrogen (secondary N) is 2. The monoisotopic (exact) mass is 306 g/mol. The van der Waals surface area contributed by atoms with Gasteiger partial charge in [0, 0.05) is 12.1 Å². The molecule has 2 aromatic rings. The van der Waals surface area contributed by atoms with E-state index in [-0.39, 0.29) is 18.6 Å². The minimum atomic E-state index is -1.36. The van der Waals surface area contributed by atoms with Gasteiger partial charge >= 0.3 is 5.97 Å². The van der Waals surface area contributed by atoms with E-state index in [2.05, 4.69) is 10.2 Å². The average Bonchev–Trinajstić information content (AvgIpc) is 3.07. The van der Waals surface area contributed by atoms with Crippen molar-refractivity contribution in [3.05, 3.63) is 45.8 Å². The van der Waals surface area contributed by atoms with Gasteiger partial charge in [0.1, 0.15) is 5.76 Å². The third kappa shape index (κ3) is 2.18. The van der Waals surface area contributed by atoms with E-state index in [4.69, 9.17) is 9.15 Å². The molecular weight excluding hydrogens is 288 g/mol. The van der Waals surface area contributed by atoms with Crippen molar-refractivity contribution in [2.75, 3.05) is 6.61 Å². The Kier molecular flexibility index (Phi) is 3.44. The standard InChI is InChI=1S/C15H18N2O5/c1-3-21-14(19)12-11(9-5-4-6-22-9)10-8(7-15(12,2)20)16-17-13(10)18/h4-6,11-12,20H,3,7H2,1-2H3,(H2,16,17,18)/t11-,12-,15+/m0/s1. The third-order valence-electron chi connectivity index (χ3n) is 4.14. The number of hydrogen-bond donors (Lipinski definition) is 3. The molecule has 0 aromatic carbocycles. The number of aromatic amines is 2. The molecule has 0 aliphatic heterocycles. The maximum Gasteiger partial charge on any atom is 0.312 e. The van der Waals surface area contributed by atoms with Crippen molar-refractivity contribution in [1.29, 1.82) is 0 Å². The first-order chi connectivity index (χ1) is 10.5. The van der Waals surface area contributed by atoms with Crippen molar-refractivity contribution in [3.63, 3.8) is 0 Å². The Hall–Kier alpha value is -2.28. The van der Waals surface area contributed by atoms with Crippen molar-refractivity contribution in [3.8, 4) is 0 Å². The average molecular weight is 306 g/mol. The summed E-state index contributed by atoms with van der Waals surface area (Å²) in [7, 11) is 0. The fourth-order valence-corrected chi connectivity index (χ4v) is 3.26. The SMILES string of the molecule is CCOC(=O)[C@@H]1[C@@H](c2ccco2)c2c([nH][nH]c2=O)C[C@@]1(C)O. The first-order valence-electron chi connectivity index (χ1n) is 7.17. The van der Waals surface area contributed by atoms with E-state index in [0.717, 1.165) is 0 Å². The second-order valence-electron chi connectivity index (χ2n) is 5.73. The Morgan fingerprint density at radius 2 is 2.32 bits per heavy atom. The number of aromatic nitrogens is 2. The molecule has 0 saturated carbocycles. The van der Waals surface area contributed by atoms with Crippen LogP contribution < -0.4 is 5.56 Å². The molecule has 0 unspecified atom stereocenters. The van der Waals surface area contributed by atoms with Gasteiger partial charge in [0.2, 0.25) is 0 Å². The van der Waals surface area contributed by atoms with Crippen LogP contribution in [0.3, 0.4) is 0 Å². The zero-order chi connectivity index (χ0) is 15.9. The third-order valence-corrected chi connectivity index (χ3v) is 4.14. The Morgan fingerprint density at radius 3 is 2.95 bits per heavy atom. The number of ether oxygens (including phenoxy) is 1. The van der Waals surface area contributed by atoms with Gasteiger partial charge in [-0.1, -0.05) is 0 Å². The first kappa shape index (κ1) is 14.6. The normalized spacial score (nSPS) is 27.4. The van der Waals surface area contributed by atoms with E-state index in [9.17, 15) is 14.7 Å². The lowest BCUT2D eigenvalue weighted by Crippen LogP contribution is -2.50. The van der Waals surface area contributed by atoms with Gasteiger partial charge in [0.25, 0.3) is 5.56 Å². The maximum atomic E-state index is 12.4. The van der Waals surface area contributed by atoms with Crippen LogP contribution in [0.4, 0.5) is 0 Å². The predicted molar refractivity (Wildman–Crippen MR) is 76.4 cm³/mol. The lowest BCUT2D eigenvalue weighted by molar-refractivity contribution is -0.159. The molecule has 3 rings (SSSR count). The number of esters is 1. The quantitative estimate of drug-likeness (QED) is 0.731. The summed E-state index contributed by atoms with van der Waals surface area (Å²) in [6.45, 7) is 3.47. The van der Waals surface area contributed by atoms with Crippen LogP contribution in [-0.2, 0) is 16.0 Å². The smallest absolute Gasteiger partial charge is 0.312 e. The molecule has 0 radical (unpaired) electrons. The topological polar surface area (TPSA) is 108 Å².